The molecule has 3 aromatic carbocycles. The highest BCUT2D eigenvalue weighted by Gasteiger charge is 2.45. The Kier molecular flexibility index (Phi) is 8.45. The quantitative estimate of drug-likeness (QED) is 0.299. The predicted molar refractivity (Wildman–Crippen MR) is 151 cm³/mol. The number of nitrogens with zero attached hydrogens (tertiary/aromatic N) is 2. The van der Waals surface area contributed by atoms with E-state index in [-0.39, 0.29) is 41.2 Å². The van der Waals surface area contributed by atoms with Gasteiger partial charge in [0.15, 0.2) is 17.5 Å². The first kappa shape index (κ1) is 29.4. The predicted octanol–water partition coefficient (Wildman–Crippen LogP) is 6.29. The Bertz CT molecular complexity index is 1460. The number of carboxylic acids is 1. The molecule has 42 heavy (non-hydrogen) atoms. The van der Waals surface area contributed by atoms with E-state index in [1.807, 2.05) is 0 Å². The second-order valence-electron chi connectivity index (χ2n) is 10.8. The highest BCUT2D eigenvalue weighted by molar-refractivity contribution is 5.97. The van der Waals surface area contributed by atoms with Crippen LogP contribution < -0.4 is 14.4 Å². The summed E-state index contributed by atoms with van der Waals surface area (Å²) in [6.07, 6.45) is 2.08. The van der Waals surface area contributed by atoms with Crippen LogP contribution in [0.2, 0.25) is 0 Å². The van der Waals surface area contributed by atoms with Crippen molar-refractivity contribution in [2.75, 3.05) is 37.7 Å². The van der Waals surface area contributed by atoms with Gasteiger partial charge in [-0.1, -0.05) is 0 Å². The van der Waals surface area contributed by atoms with E-state index in [1.54, 1.807) is 43.0 Å². The number of hydrogen-bond donors (Lipinski definition) is 1. The lowest BCUT2D eigenvalue weighted by Gasteiger charge is -2.39. The Morgan fingerprint density at radius 3 is 2.12 bits per heavy atom. The van der Waals surface area contributed by atoms with Gasteiger partial charge in [-0.15, -0.1) is 0 Å². The monoisotopic (exact) mass is 582 g/mol. The average Bonchev–Trinajstić information content (AvgIpc) is 3.29. The van der Waals surface area contributed by atoms with Crippen LogP contribution in [0.3, 0.4) is 0 Å². The van der Waals surface area contributed by atoms with Gasteiger partial charge in [-0.25, -0.2) is 18.0 Å². The minimum absolute atomic E-state index is 0.0364. The first-order chi connectivity index (χ1) is 20.1. The summed E-state index contributed by atoms with van der Waals surface area (Å²) in [5, 5.41) is 9.16. The van der Waals surface area contributed by atoms with Crippen molar-refractivity contribution in [1.29, 1.82) is 0 Å². The summed E-state index contributed by atoms with van der Waals surface area (Å²) in [5.41, 5.74) is 1.69. The molecule has 0 radical (unpaired) electrons. The van der Waals surface area contributed by atoms with Crippen LogP contribution in [0.4, 0.5) is 18.9 Å². The molecule has 0 unspecified atom stereocenters. The zero-order valence-electron chi connectivity index (χ0n) is 23.6. The van der Waals surface area contributed by atoms with Gasteiger partial charge in [-0.2, -0.15) is 0 Å². The Balaban J connectivity index is 1.32. The van der Waals surface area contributed by atoms with Crippen LogP contribution in [-0.4, -0.2) is 54.7 Å². The number of aromatic carboxylic acids is 1. The lowest BCUT2D eigenvalue weighted by Crippen LogP contribution is -2.41. The zero-order chi connectivity index (χ0) is 30.0. The molecular formula is C32H33F3N2O5. The van der Waals surface area contributed by atoms with Gasteiger partial charge in [-0.05, 0) is 99.3 Å². The van der Waals surface area contributed by atoms with Crippen molar-refractivity contribution in [3.8, 4) is 22.6 Å². The van der Waals surface area contributed by atoms with Crippen molar-refractivity contribution in [3.05, 3.63) is 77.1 Å². The number of carbonyl (C=O) groups is 2. The Morgan fingerprint density at radius 1 is 0.929 bits per heavy atom. The molecule has 2 heterocycles. The van der Waals surface area contributed by atoms with E-state index >= 15 is 0 Å². The third-order valence-electron chi connectivity index (χ3n) is 8.10. The summed E-state index contributed by atoms with van der Waals surface area (Å²) in [4.78, 5) is 28.2. The average molecular weight is 583 g/mol. The van der Waals surface area contributed by atoms with Gasteiger partial charge in [0.1, 0.15) is 11.5 Å². The van der Waals surface area contributed by atoms with E-state index < -0.39 is 23.4 Å². The summed E-state index contributed by atoms with van der Waals surface area (Å²) in [6, 6.07) is 12.0. The molecule has 0 bridgehead atoms. The van der Waals surface area contributed by atoms with E-state index in [0.717, 1.165) is 37.6 Å². The molecule has 2 aliphatic rings. The molecule has 7 nitrogen and oxygen atoms in total. The molecule has 0 saturated carbocycles. The second-order valence-corrected chi connectivity index (χ2v) is 10.8. The molecule has 1 amide bonds. The molecule has 0 aromatic heterocycles. The van der Waals surface area contributed by atoms with Gasteiger partial charge in [0.25, 0.3) is 0 Å². The maximum absolute atomic E-state index is 14.8. The Labute approximate surface area is 242 Å². The number of anilines is 1. The summed E-state index contributed by atoms with van der Waals surface area (Å²) in [6.45, 7) is 6.80. The number of benzene rings is 3. The first-order valence-corrected chi connectivity index (χ1v) is 14.1. The number of rotatable bonds is 9. The number of likely N-dealkylation sites (tertiary alicyclic amines) is 1. The summed E-state index contributed by atoms with van der Waals surface area (Å²) in [7, 11) is 0. The maximum Gasteiger partial charge on any atom is 0.335 e. The van der Waals surface area contributed by atoms with Crippen molar-refractivity contribution < 1.29 is 37.3 Å². The minimum atomic E-state index is -1.55. The number of piperidine rings is 1. The van der Waals surface area contributed by atoms with Crippen LogP contribution in [0.5, 0.6) is 11.5 Å². The van der Waals surface area contributed by atoms with Crippen molar-refractivity contribution in [2.24, 2.45) is 5.41 Å². The fourth-order valence-corrected chi connectivity index (χ4v) is 5.95. The van der Waals surface area contributed by atoms with Crippen LogP contribution in [0.25, 0.3) is 11.1 Å². The summed E-state index contributed by atoms with van der Waals surface area (Å²) >= 11 is 0. The van der Waals surface area contributed by atoms with Gasteiger partial charge in [-0.3, -0.25) is 9.69 Å². The van der Waals surface area contributed by atoms with Crippen LogP contribution in [0.15, 0.2) is 48.5 Å². The number of carboxylic acid groups (broad SMARTS) is 1. The molecule has 10 heteroatoms. The molecule has 1 spiro atoms. The fraction of sp³-hybridized carbons (Fsp3) is 0.375. The lowest BCUT2D eigenvalue weighted by atomic mass is 9.77. The minimum Gasteiger partial charge on any atom is -0.493 e. The SMILES string of the molecule is CCOc1cc(CN2CCC3(CC2)CC(=O)N(c2ccc(C(=O)O)cc2)C3)cc(OCC)c1-c1ccc(F)c(F)c1F. The number of halogens is 3. The van der Waals surface area contributed by atoms with Crippen LogP contribution in [-0.2, 0) is 11.3 Å². The molecule has 0 aliphatic carbocycles. The molecular weight excluding hydrogens is 549 g/mol. The summed E-state index contributed by atoms with van der Waals surface area (Å²) in [5.74, 6) is -4.45. The molecule has 222 valence electrons. The van der Waals surface area contributed by atoms with Crippen molar-refractivity contribution in [1.82, 2.24) is 4.90 Å². The molecule has 1 N–H and O–H groups in total. The second kappa shape index (κ2) is 12.1. The van der Waals surface area contributed by atoms with Crippen molar-refractivity contribution in [3.63, 3.8) is 0 Å². The third-order valence-corrected chi connectivity index (χ3v) is 8.10. The van der Waals surface area contributed by atoms with Crippen LogP contribution >= 0.6 is 0 Å². The molecule has 2 fully saturated rings. The van der Waals surface area contributed by atoms with Gasteiger partial charge in [0, 0.05) is 30.8 Å². The molecule has 2 saturated heterocycles. The normalized spacial score (nSPS) is 16.7. The van der Waals surface area contributed by atoms with Crippen LogP contribution in [0.1, 0.15) is 49.0 Å². The highest BCUT2D eigenvalue weighted by Crippen LogP contribution is 2.45. The largest absolute Gasteiger partial charge is 0.493 e. The van der Waals surface area contributed by atoms with E-state index in [2.05, 4.69) is 4.90 Å². The molecule has 2 aliphatic heterocycles. The Hall–Kier alpha value is -4.05. The highest BCUT2D eigenvalue weighted by atomic mass is 19.2. The van der Waals surface area contributed by atoms with Gasteiger partial charge >= 0.3 is 5.97 Å². The number of hydrogen-bond acceptors (Lipinski definition) is 5. The molecule has 5 rings (SSSR count). The van der Waals surface area contributed by atoms with Gasteiger partial charge in [0.05, 0.1) is 24.3 Å². The molecule has 3 aromatic rings. The maximum atomic E-state index is 14.8. The van der Waals surface area contributed by atoms with E-state index in [1.165, 1.54) is 18.2 Å². The standard InChI is InChI=1S/C32H33F3N2O5/c1-3-41-25-15-20(16-26(42-4-2)28(25)23-9-10-24(33)30(35)29(23)34)18-36-13-11-32(12-14-36)17-27(38)37(19-32)22-7-5-21(6-8-22)31(39)40/h5-10,15-16H,3-4,11-14,17-19H2,1-2H3,(H,39,40). The lowest BCUT2D eigenvalue weighted by molar-refractivity contribution is -0.118. The van der Waals surface area contributed by atoms with E-state index in [0.29, 0.717) is 36.7 Å². The van der Waals surface area contributed by atoms with E-state index in [9.17, 15) is 22.8 Å². The van der Waals surface area contributed by atoms with Gasteiger partial charge < -0.3 is 19.5 Å². The van der Waals surface area contributed by atoms with E-state index in [4.69, 9.17) is 14.6 Å². The Morgan fingerprint density at radius 2 is 1.55 bits per heavy atom. The number of carbonyl (C=O) groups excluding carboxylic acids is 1. The fourth-order valence-electron chi connectivity index (χ4n) is 5.95. The molecule has 0 atom stereocenters. The third kappa shape index (κ3) is 5.81. The topological polar surface area (TPSA) is 79.3 Å². The van der Waals surface area contributed by atoms with Crippen LogP contribution in [0, 0.1) is 22.9 Å². The van der Waals surface area contributed by atoms with Crippen molar-refractivity contribution >= 4 is 17.6 Å². The number of amides is 1. The zero-order valence-corrected chi connectivity index (χ0v) is 23.6. The van der Waals surface area contributed by atoms with Gasteiger partial charge in [0.2, 0.25) is 5.91 Å². The smallest absolute Gasteiger partial charge is 0.335 e. The summed E-state index contributed by atoms with van der Waals surface area (Å²) < 4.78 is 54.3. The first-order valence-electron chi connectivity index (χ1n) is 14.1. The van der Waals surface area contributed by atoms with Crippen molar-refractivity contribution in [2.45, 2.75) is 39.7 Å². The number of ether oxygens (including phenoxy) is 2.